The van der Waals surface area contributed by atoms with Crippen LogP contribution in [0.15, 0.2) is 34.9 Å². The van der Waals surface area contributed by atoms with E-state index in [4.69, 9.17) is 13.6 Å². The normalized spacial score (nSPS) is 11.2. The molecule has 0 aliphatic rings. The Hall–Kier alpha value is -1.29. The molecule has 0 saturated carbocycles. The summed E-state index contributed by atoms with van der Waals surface area (Å²) in [6, 6.07) is 7.94. The molecule has 2 aromatic rings. The summed E-state index contributed by atoms with van der Waals surface area (Å²) in [5.74, 6) is 0.340. The van der Waals surface area contributed by atoms with E-state index >= 15 is 0 Å². The molecule has 4 nitrogen and oxygen atoms in total. The van der Waals surface area contributed by atoms with Crippen molar-refractivity contribution in [1.29, 1.82) is 0 Å². The van der Waals surface area contributed by atoms with Gasteiger partial charge < -0.3 is 13.6 Å². The Labute approximate surface area is 118 Å². The van der Waals surface area contributed by atoms with Crippen LogP contribution in [0.2, 0.25) is 0 Å². The number of benzene rings is 1. The van der Waals surface area contributed by atoms with E-state index in [2.05, 4.69) is 5.16 Å². The Morgan fingerprint density at radius 3 is 2.40 bits per heavy atom. The van der Waals surface area contributed by atoms with Crippen LogP contribution in [0.3, 0.4) is 0 Å². The summed E-state index contributed by atoms with van der Waals surface area (Å²) in [5, 5.41) is 4.01. The summed E-state index contributed by atoms with van der Waals surface area (Å²) in [6.45, 7) is 5.07. The van der Waals surface area contributed by atoms with Gasteiger partial charge in [-0.3, -0.25) is 0 Å². The van der Waals surface area contributed by atoms with Crippen molar-refractivity contribution in [3.63, 3.8) is 0 Å². The summed E-state index contributed by atoms with van der Waals surface area (Å²) >= 11 is 0. The van der Waals surface area contributed by atoms with Gasteiger partial charge in [-0.05, 0) is 38.1 Å². The van der Waals surface area contributed by atoms with Gasteiger partial charge in [0.25, 0.3) is 0 Å². The van der Waals surface area contributed by atoms with Gasteiger partial charge in [-0.2, -0.15) is 0 Å². The van der Waals surface area contributed by atoms with E-state index < -0.39 is 8.38 Å². The average Bonchev–Trinajstić information content (AvgIpc) is 2.89. The molecule has 0 bridgehead atoms. The number of aromatic nitrogens is 1. The topological polar surface area (TPSA) is 44.5 Å². The van der Waals surface area contributed by atoms with Gasteiger partial charge in [-0.1, -0.05) is 5.16 Å². The highest BCUT2D eigenvalue weighted by Gasteiger charge is 2.14. The highest BCUT2D eigenvalue weighted by Crippen LogP contribution is 2.42. The van der Waals surface area contributed by atoms with Crippen molar-refractivity contribution in [3.8, 4) is 11.3 Å². The van der Waals surface area contributed by atoms with E-state index in [-0.39, 0.29) is 5.82 Å². The van der Waals surface area contributed by atoms with Crippen molar-refractivity contribution in [1.82, 2.24) is 5.16 Å². The molecular weight excluding hydrogens is 280 g/mol. The first kappa shape index (κ1) is 15.1. The van der Waals surface area contributed by atoms with Gasteiger partial charge in [0.05, 0.1) is 25.1 Å². The molecule has 0 N–H and O–H groups in total. The molecule has 20 heavy (non-hydrogen) atoms. The molecule has 0 fully saturated rings. The largest absolute Gasteiger partial charge is 0.356 e. The molecule has 0 spiro atoms. The molecule has 0 aliphatic heterocycles. The Morgan fingerprint density at radius 1 is 1.15 bits per heavy atom. The molecular formula is C14H17FNO3P. The third-order valence-electron chi connectivity index (χ3n) is 2.52. The van der Waals surface area contributed by atoms with Crippen LogP contribution >= 0.6 is 8.38 Å². The summed E-state index contributed by atoms with van der Waals surface area (Å²) in [4.78, 5) is 0. The van der Waals surface area contributed by atoms with Crippen LogP contribution in [-0.2, 0) is 15.2 Å². The lowest BCUT2D eigenvalue weighted by atomic mass is 10.1. The van der Waals surface area contributed by atoms with Gasteiger partial charge in [0.1, 0.15) is 5.82 Å². The summed E-state index contributed by atoms with van der Waals surface area (Å²) < 4.78 is 29.2. The Kier molecular flexibility index (Phi) is 5.65. The van der Waals surface area contributed by atoms with Crippen molar-refractivity contribution in [3.05, 3.63) is 41.8 Å². The van der Waals surface area contributed by atoms with Crippen molar-refractivity contribution >= 4 is 8.38 Å². The minimum Gasteiger partial charge on any atom is -0.356 e. The molecule has 1 heterocycles. The predicted molar refractivity (Wildman–Crippen MR) is 75.8 cm³/mol. The number of hydrogen-bond acceptors (Lipinski definition) is 4. The van der Waals surface area contributed by atoms with Gasteiger partial charge in [-0.15, -0.1) is 0 Å². The summed E-state index contributed by atoms with van der Waals surface area (Å²) in [5.41, 5.74) is 1.57. The molecule has 108 valence electrons. The first-order valence-electron chi connectivity index (χ1n) is 6.47. The van der Waals surface area contributed by atoms with E-state index in [1.165, 1.54) is 12.1 Å². The van der Waals surface area contributed by atoms with Gasteiger partial charge in [-0.25, -0.2) is 4.39 Å². The lowest BCUT2D eigenvalue weighted by Gasteiger charge is -2.13. The van der Waals surface area contributed by atoms with Crippen LogP contribution in [-0.4, -0.2) is 18.4 Å². The zero-order valence-corrected chi connectivity index (χ0v) is 12.4. The SMILES string of the molecule is CCOP(Cc1cc(-c2ccc(F)cc2)on1)OCC. The zero-order valence-electron chi connectivity index (χ0n) is 11.5. The quantitative estimate of drug-likeness (QED) is 0.712. The summed E-state index contributed by atoms with van der Waals surface area (Å²) in [7, 11) is -0.980. The van der Waals surface area contributed by atoms with Crippen molar-refractivity contribution < 1.29 is 18.0 Å². The maximum absolute atomic E-state index is 12.9. The Balaban J connectivity index is 2.06. The van der Waals surface area contributed by atoms with E-state index in [0.29, 0.717) is 25.1 Å². The van der Waals surface area contributed by atoms with E-state index in [0.717, 1.165) is 11.3 Å². The first-order chi connectivity index (χ1) is 9.72. The fraction of sp³-hybridized carbons (Fsp3) is 0.357. The predicted octanol–water partition coefficient (Wildman–Crippen LogP) is 4.37. The molecule has 0 atom stereocenters. The molecule has 1 aromatic heterocycles. The lowest BCUT2D eigenvalue weighted by Crippen LogP contribution is -1.94. The first-order valence-corrected chi connectivity index (χ1v) is 7.84. The average molecular weight is 297 g/mol. The smallest absolute Gasteiger partial charge is 0.176 e. The molecule has 0 saturated heterocycles. The van der Waals surface area contributed by atoms with E-state index in [1.807, 2.05) is 19.9 Å². The Morgan fingerprint density at radius 2 is 1.80 bits per heavy atom. The van der Waals surface area contributed by atoms with E-state index in [9.17, 15) is 4.39 Å². The molecule has 0 unspecified atom stereocenters. The van der Waals surface area contributed by atoms with Crippen LogP contribution in [0, 0.1) is 5.82 Å². The fourth-order valence-corrected chi connectivity index (χ4v) is 2.93. The van der Waals surface area contributed by atoms with Crippen LogP contribution < -0.4 is 0 Å². The third-order valence-corrected chi connectivity index (χ3v) is 4.20. The highest BCUT2D eigenvalue weighted by atomic mass is 31.2. The number of hydrogen-bond donors (Lipinski definition) is 0. The van der Waals surface area contributed by atoms with E-state index in [1.54, 1.807) is 12.1 Å². The number of halogens is 1. The number of nitrogens with zero attached hydrogens (tertiary/aromatic N) is 1. The lowest BCUT2D eigenvalue weighted by molar-refractivity contribution is 0.268. The van der Waals surface area contributed by atoms with Crippen molar-refractivity contribution in [2.45, 2.75) is 20.0 Å². The fourth-order valence-electron chi connectivity index (χ4n) is 1.69. The molecule has 2 rings (SSSR count). The minimum atomic E-state index is -0.980. The second kappa shape index (κ2) is 7.48. The maximum Gasteiger partial charge on any atom is 0.176 e. The molecule has 1 aromatic carbocycles. The molecule has 6 heteroatoms. The van der Waals surface area contributed by atoms with Gasteiger partial charge in [0, 0.05) is 11.6 Å². The van der Waals surface area contributed by atoms with Crippen molar-refractivity contribution in [2.75, 3.05) is 13.2 Å². The minimum absolute atomic E-state index is 0.273. The monoisotopic (exact) mass is 297 g/mol. The van der Waals surface area contributed by atoms with Gasteiger partial charge >= 0.3 is 0 Å². The van der Waals surface area contributed by atoms with Crippen LogP contribution in [0.1, 0.15) is 19.5 Å². The van der Waals surface area contributed by atoms with Crippen LogP contribution in [0.5, 0.6) is 0 Å². The van der Waals surface area contributed by atoms with Crippen molar-refractivity contribution in [2.24, 2.45) is 0 Å². The maximum atomic E-state index is 12.9. The van der Waals surface area contributed by atoms with Crippen LogP contribution in [0.4, 0.5) is 4.39 Å². The standard InChI is InChI=1S/C14H17FNO3P/c1-3-17-20(18-4-2)10-13-9-14(19-16-13)11-5-7-12(15)8-6-11/h5-9H,3-4,10H2,1-2H3. The van der Waals surface area contributed by atoms with Crippen LogP contribution in [0.25, 0.3) is 11.3 Å². The molecule has 0 amide bonds. The highest BCUT2D eigenvalue weighted by molar-refractivity contribution is 7.46. The molecule has 0 aliphatic carbocycles. The zero-order chi connectivity index (χ0) is 14.4. The second-order valence-corrected chi connectivity index (χ2v) is 5.51. The Bertz CT molecular complexity index is 523. The third kappa shape index (κ3) is 4.10. The second-order valence-electron chi connectivity index (χ2n) is 4.02. The number of rotatable bonds is 7. The summed E-state index contributed by atoms with van der Waals surface area (Å²) in [6.07, 6.45) is 0.585. The van der Waals surface area contributed by atoms with Gasteiger partial charge in [0.15, 0.2) is 14.1 Å². The molecule has 0 radical (unpaired) electrons. The van der Waals surface area contributed by atoms with Gasteiger partial charge in [0.2, 0.25) is 0 Å².